The number of nitrogens with one attached hydrogen (secondary N) is 2. The first kappa shape index (κ1) is 18.5. The molecule has 0 spiro atoms. The average molecular weight is 406 g/mol. The molecule has 0 aromatic carbocycles. The third kappa shape index (κ3) is 5.61. The summed E-state index contributed by atoms with van der Waals surface area (Å²) in [5, 5.41) is 18.6. The molecular weight excluding hydrogens is 390 g/mol. The van der Waals surface area contributed by atoms with Crippen molar-refractivity contribution in [2.45, 2.75) is 17.9 Å². The van der Waals surface area contributed by atoms with E-state index in [1.54, 1.807) is 24.4 Å². The Balaban J connectivity index is 1.37. The van der Waals surface area contributed by atoms with Gasteiger partial charge >= 0.3 is 0 Å². The molecule has 3 heterocycles. The van der Waals surface area contributed by atoms with E-state index in [-0.39, 0.29) is 11.8 Å². The number of rotatable bonds is 8. The van der Waals surface area contributed by atoms with E-state index in [2.05, 4.69) is 25.8 Å². The lowest BCUT2D eigenvalue weighted by Gasteiger charge is -2.04. The third-order valence-corrected chi connectivity index (χ3v) is 5.67. The summed E-state index contributed by atoms with van der Waals surface area (Å²) < 4.78 is 0. The lowest BCUT2D eigenvalue weighted by atomic mass is 10.3. The monoisotopic (exact) mass is 405 g/mol. The predicted molar refractivity (Wildman–Crippen MR) is 105 cm³/mol. The molecule has 0 radical (unpaired) electrons. The van der Waals surface area contributed by atoms with Crippen LogP contribution in [-0.4, -0.2) is 32.7 Å². The molecule has 0 bridgehead atoms. The molecule has 3 aromatic heterocycles. The number of thiophene rings is 1. The highest BCUT2D eigenvalue weighted by Gasteiger charge is 2.08. The number of carbonyl (C=O) groups excluding carboxylic acids is 2. The van der Waals surface area contributed by atoms with E-state index in [0.29, 0.717) is 22.2 Å². The summed E-state index contributed by atoms with van der Waals surface area (Å²) in [5.41, 5.74) is 0. The number of nitrogens with zero attached hydrogens (tertiary/aromatic N) is 3. The van der Waals surface area contributed by atoms with E-state index in [1.165, 1.54) is 34.4 Å². The number of hydrogen-bond donors (Lipinski definition) is 2. The lowest BCUT2D eigenvalue weighted by Crippen LogP contribution is -2.12. The highest BCUT2D eigenvalue weighted by Crippen LogP contribution is 2.18. The number of anilines is 2. The van der Waals surface area contributed by atoms with Crippen LogP contribution in [0.25, 0.3) is 0 Å². The first-order chi connectivity index (χ1) is 12.7. The van der Waals surface area contributed by atoms with Crippen LogP contribution in [0.15, 0.2) is 46.2 Å². The molecule has 0 aliphatic heterocycles. The second-order valence-corrected chi connectivity index (χ2v) is 7.98. The van der Waals surface area contributed by atoms with Crippen molar-refractivity contribution in [2.24, 2.45) is 0 Å². The number of carbonyl (C=O) groups is 2. The Bertz CT molecular complexity index is 835. The van der Waals surface area contributed by atoms with E-state index >= 15 is 0 Å². The number of thiazole rings is 1. The molecule has 0 aliphatic carbocycles. The summed E-state index contributed by atoms with van der Waals surface area (Å²) in [6, 6.07) is 7.10. The molecule has 2 N–H and O–H groups in total. The predicted octanol–water partition coefficient (Wildman–Crippen LogP) is 3.76. The van der Waals surface area contributed by atoms with Crippen molar-refractivity contribution in [1.82, 2.24) is 15.2 Å². The summed E-state index contributed by atoms with van der Waals surface area (Å²) in [4.78, 5) is 28.3. The average Bonchev–Trinajstić information content (AvgIpc) is 3.34. The fourth-order valence-corrected chi connectivity index (χ4v) is 3.85. The van der Waals surface area contributed by atoms with Gasteiger partial charge in [0.2, 0.25) is 5.91 Å². The number of hydrogen-bond acceptors (Lipinski definition) is 8. The molecule has 0 unspecified atom stereocenters. The van der Waals surface area contributed by atoms with Gasteiger partial charge in [-0.15, -0.1) is 44.6 Å². The van der Waals surface area contributed by atoms with Crippen LogP contribution in [0.4, 0.5) is 10.9 Å². The molecule has 0 saturated carbocycles. The standard InChI is InChI=1S/C16H15N5O2S3/c22-13(19-16-17-7-10-26-16)4-2-9-25-14-6-5-12(20-21-14)18-15(23)11-3-1-8-24-11/h1,3,5-8,10H,2,4,9H2,(H,17,19,22)(H,18,20,23). The lowest BCUT2D eigenvalue weighted by molar-refractivity contribution is -0.116. The summed E-state index contributed by atoms with van der Waals surface area (Å²) in [6.07, 6.45) is 2.80. The maximum absolute atomic E-state index is 11.9. The third-order valence-electron chi connectivity index (χ3n) is 3.10. The Hall–Kier alpha value is -2.30. The van der Waals surface area contributed by atoms with Crippen molar-refractivity contribution in [3.05, 3.63) is 46.1 Å². The van der Waals surface area contributed by atoms with E-state index in [4.69, 9.17) is 0 Å². The van der Waals surface area contributed by atoms with E-state index < -0.39 is 0 Å². The topological polar surface area (TPSA) is 96.9 Å². The highest BCUT2D eigenvalue weighted by molar-refractivity contribution is 7.99. The fraction of sp³-hybridized carbons (Fsp3) is 0.188. The van der Waals surface area contributed by atoms with Gasteiger partial charge in [-0.05, 0) is 30.0 Å². The van der Waals surface area contributed by atoms with Crippen LogP contribution in [0.3, 0.4) is 0 Å². The van der Waals surface area contributed by atoms with Crippen LogP contribution in [0, 0.1) is 0 Å². The van der Waals surface area contributed by atoms with Crippen LogP contribution in [0.2, 0.25) is 0 Å². The van der Waals surface area contributed by atoms with Gasteiger partial charge < -0.3 is 10.6 Å². The van der Waals surface area contributed by atoms with Crippen molar-refractivity contribution in [3.8, 4) is 0 Å². The number of aromatic nitrogens is 3. The Morgan fingerprint density at radius 2 is 2.00 bits per heavy atom. The molecule has 3 aromatic rings. The molecule has 0 saturated heterocycles. The molecule has 134 valence electrons. The summed E-state index contributed by atoms with van der Waals surface area (Å²) in [5.74, 6) is 0.927. The maximum Gasteiger partial charge on any atom is 0.266 e. The van der Waals surface area contributed by atoms with Crippen LogP contribution < -0.4 is 10.6 Å². The molecule has 2 amide bonds. The van der Waals surface area contributed by atoms with Gasteiger partial charge in [0, 0.05) is 23.8 Å². The molecule has 0 atom stereocenters. The van der Waals surface area contributed by atoms with Crippen molar-refractivity contribution in [2.75, 3.05) is 16.4 Å². The maximum atomic E-state index is 11.9. The Morgan fingerprint density at radius 3 is 2.69 bits per heavy atom. The molecule has 3 rings (SSSR count). The second kappa shape index (κ2) is 9.41. The molecule has 26 heavy (non-hydrogen) atoms. The Morgan fingerprint density at radius 1 is 1.08 bits per heavy atom. The summed E-state index contributed by atoms with van der Waals surface area (Å²) in [6.45, 7) is 0. The SMILES string of the molecule is O=C(CCCSc1ccc(NC(=O)c2cccs2)nn1)Nc1nccs1. The zero-order valence-electron chi connectivity index (χ0n) is 13.5. The van der Waals surface area contributed by atoms with Gasteiger partial charge in [0.05, 0.1) is 4.88 Å². The first-order valence-electron chi connectivity index (χ1n) is 7.71. The van der Waals surface area contributed by atoms with E-state index in [9.17, 15) is 9.59 Å². The Labute approximate surface area is 162 Å². The van der Waals surface area contributed by atoms with Crippen molar-refractivity contribution < 1.29 is 9.59 Å². The molecule has 0 fully saturated rings. The minimum absolute atomic E-state index is 0.0433. The van der Waals surface area contributed by atoms with Crippen LogP contribution in [-0.2, 0) is 4.79 Å². The van der Waals surface area contributed by atoms with Gasteiger partial charge in [-0.1, -0.05) is 6.07 Å². The fourth-order valence-electron chi connectivity index (χ4n) is 1.93. The first-order valence-corrected chi connectivity index (χ1v) is 10.5. The zero-order valence-corrected chi connectivity index (χ0v) is 16.0. The van der Waals surface area contributed by atoms with Crippen molar-refractivity contribution in [1.29, 1.82) is 0 Å². The Kier molecular flexibility index (Phi) is 6.69. The van der Waals surface area contributed by atoms with Gasteiger partial charge in [0.25, 0.3) is 5.91 Å². The second-order valence-electron chi connectivity index (χ2n) is 5.03. The minimum Gasteiger partial charge on any atom is -0.304 e. The van der Waals surface area contributed by atoms with Crippen LogP contribution in [0.5, 0.6) is 0 Å². The molecule has 10 heteroatoms. The normalized spacial score (nSPS) is 10.5. The van der Waals surface area contributed by atoms with Crippen LogP contribution in [0.1, 0.15) is 22.5 Å². The summed E-state index contributed by atoms with van der Waals surface area (Å²) >= 11 is 4.28. The molecular formula is C16H15N5O2S3. The van der Waals surface area contributed by atoms with E-state index in [0.717, 1.165) is 17.2 Å². The number of amides is 2. The molecule has 7 nitrogen and oxygen atoms in total. The van der Waals surface area contributed by atoms with Crippen molar-refractivity contribution >= 4 is 57.2 Å². The molecule has 0 aliphatic rings. The minimum atomic E-state index is -0.194. The summed E-state index contributed by atoms with van der Waals surface area (Å²) in [7, 11) is 0. The van der Waals surface area contributed by atoms with Gasteiger partial charge in [-0.3, -0.25) is 9.59 Å². The van der Waals surface area contributed by atoms with Gasteiger partial charge in [0.15, 0.2) is 10.9 Å². The highest BCUT2D eigenvalue weighted by atomic mass is 32.2. The van der Waals surface area contributed by atoms with Crippen molar-refractivity contribution in [3.63, 3.8) is 0 Å². The quantitative estimate of drug-likeness (QED) is 0.437. The van der Waals surface area contributed by atoms with Crippen LogP contribution >= 0.6 is 34.4 Å². The van der Waals surface area contributed by atoms with Gasteiger partial charge in [-0.2, -0.15) is 0 Å². The van der Waals surface area contributed by atoms with Gasteiger partial charge in [-0.25, -0.2) is 4.98 Å². The number of thioether (sulfide) groups is 1. The van der Waals surface area contributed by atoms with E-state index in [1.807, 2.05) is 16.8 Å². The smallest absolute Gasteiger partial charge is 0.266 e. The zero-order chi connectivity index (χ0) is 18.2. The van der Waals surface area contributed by atoms with Gasteiger partial charge in [0.1, 0.15) is 5.03 Å². The largest absolute Gasteiger partial charge is 0.304 e.